The molecule has 0 saturated carbocycles. The van der Waals surface area contributed by atoms with Crippen LogP contribution in [0, 0.1) is 13.8 Å². The third kappa shape index (κ3) is 5.99. The Balaban J connectivity index is 1.63. The van der Waals surface area contributed by atoms with Crippen LogP contribution >= 0.6 is 0 Å². The van der Waals surface area contributed by atoms with Gasteiger partial charge in [0.25, 0.3) is 5.91 Å². The van der Waals surface area contributed by atoms with E-state index in [1.807, 2.05) is 6.92 Å². The quantitative estimate of drug-likeness (QED) is 0.501. The van der Waals surface area contributed by atoms with E-state index in [9.17, 15) is 27.9 Å². The predicted molar refractivity (Wildman–Crippen MR) is 125 cm³/mol. The number of anilines is 2. The van der Waals surface area contributed by atoms with E-state index < -0.39 is 40.7 Å². The van der Waals surface area contributed by atoms with E-state index in [0.29, 0.717) is 11.4 Å². The fraction of sp³-hybridized carbons (Fsp3) is 0.348. The molecule has 1 saturated heterocycles. The maximum absolute atomic E-state index is 13.1. The van der Waals surface area contributed by atoms with Crippen molar-refractivity contribution in [3.8, 4) is 0 Å². The van der Waals surface area contributed by atoms with Gasteiger partial charge in [-0.05, 0) is 61.4 Å². The molecule has 3 rings (SSSR count). The van der Waals surface area contributed by atoms with E-state index in [0.717, 1.165) is 15.4 Å². The van der Waals surface area contributed by atoms with Gasteiger partial charge < -0.3 is 20.5 Å². The maximum atomic E-state index is 13.1. The number of sulfonamides is 1. The first kappa shape index (κ1) is 25.3. The Kier molecular flexibility index (Phi) is 7.70. The summed E-state index contributed by atoms with van der Waals surface area (Å²) in [6.07, 6.45) is -1.16. The SMILES string of the molecule is CC(=O)Nc1ccc(NC(=O)COC(=O)C2CC(O)CN2S(=O)(=O)c2ccc(C)c(C)c2)cc1. The molecule has 1 aliphatic heterocycles. The van der Waals surface area contributed by atoms with Crippen molar-refractivity contribution in [2.45, 2.75) is 44.2 Å². The minimum Gasteiger partial charge on any atom is -0.454 e. The van der Waals surface area contributed by atoms with Gasteiger partial charge in [0.05, 0.1) is 11.0 Å². The number of amides is 2. The number of carbonyl (C=O) groups is 3. The average Bonchev–Trinajstić information content (AvgIpc) is 3.17. The fourth-order valence-corrected chi connectivity index (χ4v) is 5.26. The highest BCUT2D eigenvalue weighted by Gasteiger charge is 2.44. The number of hydrogen-bond acceptors (Lipinski definition) is 7. The summed E-state index contributed by atoms with van der Waals surface area (Å²) in [4.78, 5) is 35.9. The molecule has 0 bridgehead atoms. The number of carbonyl (C=O) groups excluding carboxylic acids is 3. The number of benzene rings is 2. The zero-order valence-corrected chi connectivity index (χ0v) is 19.9. The molecule has 0 radical (unpaired) electrons. The summed E-state index contributed by atoms with van der Waals surface area (Å²) in [5.41, 5.74) is 2.68. The van der Waals surface area contributed by atoms with Crippen molar-refractivity contribution in [3.63, 3.8) is 0 Å². The third-order valence-electron chi connectivity index (χ3n) is 5.43. The molecule has 2 aromatic carbocycles. The van der Waals surface area contributed by atoms with Gasteiger partial charge in [0.2, 0.25) is 15.9 Å². The molecular formula is C23H27N3O7S. The molecule has 0 spiro atoms. The lowest BCUT2D eigenvalue weighted by molar-refractivity contribution is -0.150. The molecule has 1 aliphatic rings. The van der Waals surface area contributed by atoms with Gasteiger partial charge in [-0.15, -0.1) is 0 Å². The molecular weight excluding hydrogens is 462 g/mol. The lowest BCUT2D eigenvalue weighted by atomic mass is 10.1. The van der Waals surface area contributed by atoms with Crippen LogP contribution in [0.3, 0.4) is 0 Å². The molecule has 1 fully saturated rings. The highest BCUT2D eigenvalue weighted by atomic mass is 32.2. The lowest BCUT2D eigenvalue weighted by Gasteiger charge is -2.22. The molecule has 2 atom stereocenters. The largest absolute Gasteiger partial charge is 0.454 e. The van der Waals surface area contributed by atoms with Crippen molar-refractivity contribution < 1.29 is 32.6 Å². The van der Waals surface area contributed by atoms with Crippen LogP contribution < -0.4 is 10.6 Å². The number of nitrogens with one attached hydrogen (secondary N) is 2. The molecule has 182 valence electrons. The van der Waals surface area contributed by atoms with Crippen LogP contribution in [-0.2, 0) is 29.1 Å². The first-order chi connectivity index (χ1) is 16.0. The minimum absolute atomic E-state index is 0.0166. The molecule has 11 heteroatoms. The van der Waals surface area contributed by atoms with Gasteiger partial charge in [0.15, 0.2) is 6.61 Å². The number of aryl methyl sites for hydroxylation is 2. The summed E-state index contributed by atoms with van der Waals surface area (Å²) >= 11 is 0. The van der Waals surface area contributed by atoms with Gasteiger partial charge in [0, 0.05) is 31.3 Å². The van der Waals surface area contributed by atoms with E-state index in [4.69, 9.17) is 4.74 Å². The first-order valence-corrected chi connectivity index (χ1v) is 12.0. The molecule has 0 aromatic heterocycles. The second kappa shape index (κ2) is 10.3. The zero-order chi connectivity index (χ0) is 25.0. The summed E-state index contributed by atoms with van der Waals surface area (Å²) in [5.74, 6) is -1.77. The number of rotatable bonds is 7. The number of hydrogen-bond donors (Lipinski definition) is 3. The van der Waals surface area contributed by atoms with Crippen LogP contribution in [0.5, 0.6) is 0 Å². The van der Waals surface area contributed by atoms with Gasteiger partial charge in [-0.25, -0.2) is 8.42 Å². The minimum atomic E-state index is -4.06. The second-order valence-electron chi connectivity index (χ2n) is 8.14. The molecule has 1 heterocycles. The highest BCUT2D eigenvalue weighted by molar-refractivity contribution is 7.89. The monoisotopic (exact) mass is 489 g/mol. The summed E-state index contributed by atoms with van der Waals surface area (Å²) in [6, 6.07) is 9.72. The topological polar surface area (TPSA) is 142 Å². The van der Waals surface area contributed by atoms with Crippen LogP contribution in [0.15, 0.2) is 47.4 Å². The standard InChI is InChI=1S/C23H27N3O7S/c1-14-4-9-20(10-15(14)2)34(31,32)26-12-19(28)11-21(26)23(30)33-13-22(29)25-18-7-5-17(6-8-18)24-16(3)27/h4-10,19,21,28H,11-13H2,1-3H3,(H,24,27)(H,25,29). The van der Waals surface area contributed by atoms with E-state index in [2.05, 4.69) is 10.6 Å². The molecule has 10 nitrogen and oxygen atoms in total. The number of ether oxygens (including phenoxy) is 1. The molecule has 2 aromatic rings. The van der Waals surface area contributed by atoms with E-state index >= 15 is 0 Å². The Morgan fingerprint density at radius 2 is 1.65 bits per heavy atom. The summed E-state index contributed by atoms with van der Waals surface area (Å²) in [5, 5.41) is 15.2. The first-order valence-electron chi connectivity index (χ1n) is 10.6. The Morgan fingerprint density at radius 3 is 2.24 bits per heavy atom. The average molecular weight is 490 g/mol. The maximum Gasteiger partial charge on any atom is 0.325 e. The smallest absolute Gasteiger partial charge is 0.325 e. The summed E-state index contributed by atoms with van der Waals surface area (Å²) < 4.78 is 32.3. The van der Waals surface area contributed by atoms with Crippen molar-refractivity contribution in [1.29, 1.82) is 0 Å². The van der Waals surface area contributed by atoms with Crippen molar-refractivity contribution in [2.24, 2.45) is 0 Å². The molecule has 34 heavy (non-hydrogen) atoms. The second-order valence-corrected chi connectivity index (χ2v) is 10.0. The number of aliphatic hydroxyl groups excluding tert-OH is 1. The summed E-state index contributed by atoms with van der Waals surface area (Å²) in [7, 11) is -4.06. The number of esters is 1. The van der Waals surface area contributed by atoms with E-state index in [-0.39, 0.29) is 23.8 Å². The Hall–Kier alpha value is -3.28. The fourth-order valence-electron chi connectivity index (χ4n) is 3.54. The van der Waals surface area contributed by atoms with Crippen molar-refractivity contribution in [1.82, 2.24) is 4.31 Å². The van der Waals surface area contributed by atoms with Crippen LogP contribution in [0.25, 0.3) is 0 Å². The van der Waals surface area contributed by atoms with Crippen LogP contribution in [0.4, 0.5) is 11.4 Å². The van der Waals surface area contributed by atoms with Crippen LogP contribution in [0.2, 0.25) is 0 Å². The van der Waals surface area contributed by atoms with E-state index in [1.165, 1.54) is 19.1 Å². The normalized spacial score (nSPS) is 18.4. The van der Waals surface area contributed by atoms with Gasteiger partial charge >= 0.3 is 5.97 Å². The van der Waals surface area contributed by atoms with Crippen molar-refractivity contribution in [2.75, 3.05) is 23.8 Å². The Morgan fingerprint density at radius 1 is 1.03 bits per heavy atom. The Bertz CT molecular complexity index is 1200. The van der Waals surface area contributed by atoms with Gasteiger partial charge in [0.1, 0.15) is 6.04 Å². The van der Waals surface area contributed by atoms with Gasteiger partial charge in [-0.1, -0.05) is 6.07 Å². The molecule has 3 N–H and O–H groups in total. The predicted octanol–water partition coefficient (Wildman–Crippen LogP) is 1.57. The molecule has 0 aliphatic carbocycles. The van der Waals surface area contributed by atoms with Gasteiger partial charge in [-0.3, -0.25) is 14.4 Å². The van der Waals surface area contributed by atoms with Gasteiger partial charge in [-0.2, -0.15) is 4.31 Å². The molecule has 2 unspecified atom stereocenters. The number of β-amino-alcohol motifs (C(OH)–C–C–N with tert-alkyl or cyclic N) is 1. The number of aliphatic hydroxyl groups is 1. The van der Waals surface area contributed by atoms with Crippen molar-refractivity contribution >= 4 is 39.2 Å². The molecule has 2 amide bonds. The summed E-state index contributed by atoms with van der Waals surface area (Å²) in [6.45, 7) is 4.14. The zero-order valence-electron chi connectivity index (χ0n) is 19.1. The third-order valence-corrected chi connectivity index (χ3v) is 7.30. The van der Waals surface area contributed by atoms with Crippen LogP contribution in [-0.4, -0.2) is 60.9 Å². The highest BCUT2D eigenvalue weighted by Crippen LogP contribution is 2.28. The van der Waals surface area contributed by atoms with E-state index in [1.54, 1.807) is 37.3 Å². The number of nitrogens with zero attached hydrogens (tertiary/aromatic N) is 1. The Labute approximate surface area is 198 Å². The van der Waals surface area contributed by atoms with Crippen molar-refractivity contribution in [3.05, 3.63) is 53.6 Å². The van der Waals surface area contributed by atoms with Crippen LogP contribution in [0.1, 0.15) is 24.5 Å². The lowest BCUT2D eigenvalue weighted by Crippen LogP contribution is -2.42.